The van der Waals surface area contributed by atoms with Crippen LogP contribution in [0.15, 0.2) is 35.4 Å². The molecular formula is C11H12N4O4S. The van der Waals surface area contributed by atoms with Crippen LogP contribution in [0.4, 0.5) is 11.5 Å². The van der Waals surface area contributed by atoms with E-state index >= 15 is 0 Å². The van der Waals surface area contributed by atoms with Gasteiger partial charge in [0.15, 0.2) is 5.82 Å². The molecule has 0 fully saturated rings. The summed E-state index contributed by atoms with van der Waals surface area (Å²) in [5.74, 6) is -1.27. The molecule has 0 amide bonds. The molecule has 1 heterocycles. The third-order valence-corrected chi connectivity index (χ3v) is 3.87. The van der Waals surface area contributed by atoms with E-state index in [0.717, 1.165) is 12.1 Å². The molecule has 8 nitrogen and oxygen atoms in total. The van der Waals surface area contributed by atoms with Gasteiger partial charge in [0.1, 0.15) is 4.90 Å². The van der Waals surface area contributed by atoms with Crippen molar-refractivity contribution < 1.29 is 18.3 Å². The normalized spacial score (nSPS) is 11.2. The Labute approximate surface area is 114 Å². The highest BCUT2D eigenvalue weighted by atomic mass is 32.2. The number of carboxylic acids is 1. The number of anilines is 2. The zero-order valence-electron chi connectivity index (χ0n) is 10.4. The van der Waals surface area contributed by atoms with Gasteiger partial charge in [0.05, 0.1) is 5.56 Å². The molecule has 9 heteroatoms. The van der Waals surface area contributed by atoms with E-state index in [9.17, 15) is 13.2 Å². The summed E-state index contributed by atoms with van der Waals surface area (Å²) in [7, 11) is -2.46. The number of carbonyl (C=O) groups is 1. The standard InChI is InChI=1S/C11H12N4O4S/c1-15-5-4-10(13-15)14-20(18,19)9-6-7(12)2-3-8(9)11(16)17/h2-6H,12H2,1H3,(H,13,14)(H,16,17). The van der Waals surface area contributed by atoms with Crippen LogP contribution in [-0.4, -0.2) is 29.3 Å². The minimum absolute atomic E-state index is 0.0891. The topological polar surface area (TPSA) is 127 Å². The quantitative estimate of drug-likeness (QED) is 0.705. The number of sulfonamides is 1. The Bertz CT molecular complexity index is 766. The molecule has 0 spiro atoms. The van der Waals surface area contributed by atoms with E-state index in [-0.39, 0.29) is 17.1 Å². The molecule has 4 N–H and O–H groups in total. The lowest BCUT2D eigenvalue weighted by Crippen LogP contribution is -2.17. The molecule has 20 heavy (non-hydrogen) atoms. The molecule has 0 aliphatic heterocycles. The summed E-state index contributed by atoms with van der Waals surface area (Å²) in [6, 6.07) is 5.01. The monoisotopic (exact) mass is 296 g/mol. The molecule has 0 bridgehead atoms. The number of carboxylic acid groups (broad SMARTS) is 1. The van der Waals surface area contributed by atoms with Gasteiger partial charge in [-0.25, -0.2) is 13.2 Å². The number of nitrogens with one attached hydrogen (secondary N) is 1. The van der Waals surface area contributed by atoms with E-state index in [2.05, 4.69) is 9.82 Å². The van der Waals surface area contributed by atoms with Gasteiger partial charge < -0.3 is 10.8 Å². The highest BCUT2D eigenvalue weighted by Crippen LogP contribution is 2.21. The van der Waals surface area contributed by atoms with Crippen molar-refractivity contribution in [2.75, 3.05) is 10.5 Å². The Morgan fingerprint density at radius 1 is 1.40 bits per heavy atom. The average molecular weight is 296 g/mol. The van der Waals surface area contributed by atoms with Crippen LogP contribution in [0.2, 0.25) is 0 Å². The average Bonchev–Trinajstić information content (AvgIpc) is 2.73. The van der Waals surface area contributed by atoms with Crippen molar-refractivity contribution in [1.82, 2.24) is 9.78 Å². The van der Waals surface area contributed by atoms with Gasteiger partial charge in [-0.05, 0) is 18.2 Å². The Balaban J connectivity index is 2.48. The Morgan fingerprint density at radius 2 is 2.10 bits per heavy atom. The first kappa shape index (κ1) is 13.9. The second-order valence-electron chi connectivity index (χ2n) is 4.04. The van der Waals surface area contributed by atoms with Crippen LogP contribution in [0.3, 0.4) is 0 Å². The fraction of sp³-hybridized carbons (Fsp3) is 0.0909. The first-order valence-corrected chi connectivity index (χ1v) is 6.93. The number of rotatable bonds is 4. The first-order chi connectivity index (χ1) is 9.29. The maximum absolute atomic E-state index is 12.2. The molecule has 0 saturated carbocycles. The lowest BCUT2D eigenvalue weighted by atomic mass is 10.2. The molecule has 106 valence electrons. The van der Waals surface area contributed by atoms with Gasteiger partial charge in [0.25, 0.3) is 10.0 Å². The van der Waals surface area contributed by atoms with Crippen LogP contribution in [0.1, 0.15) is 10.4 Å². The fourth-order valence-electron chi connectivity index (χ4n) is 1.60. The number of hydrogen-bond donors (Lipinski definition) is 3. The number of benzene rings is 1. The molecule has 0 saturated heterocycles. The van der Waals surface area contributed by atoms with E-state index in [4.69, 9.17) is 10.8 Å². The number of nitrogens with two attached hydrogens (primary N) is 1. The molecule has 2 rings (SSSR count). The number of nitrogens with zero attached hydrogens (tertiary/aromatic N) is 2. The van der Waals surface area contributed by atoms with Gasteiger partial charge in [0, 0.05) is 25.0 Å². The van der Waals surface area contributed by atoms with Gasteiger partial charge in [0.2, 0.25) is 0 Å². The summed E-state index contributed by atoms with van der Waals surface area (Å²) in [4.78, 5) is 10.7. The lowest BCUT2D eigenvalue weighted by Gasteiger charge is -2.09. The zero-order chi connectivity index (χ0) is 14.9. The second-order valence-corrected chi connectivity index (χ2v) is 5.69. The fourth-order valence-corrected chi connectivity index (χ4v) is 2.83. The molecule has 2 aromatic rings. The van der Waals surface area contributed by atoms with Gasteiger partial charge in [-0.3, -0.25) is 9.40 Å². The van der Waals surface area contributed by atoms with Crippen LogP contribution < -0.4 is 10.5 Å². The molecular weight excluding hydrogens is 284 g/mol. The summed E-state index contributed by atoms with van der Waals surface area (Å²) < 4.78 is 28.0. The highest BCUT2D eigenvalue weighted by molar-refractivity contribution is 7.92. The number of hydrogen-bond acceptors (Lipinski definition) is 5. The highest BCUT2D eigenvalue weighted by Gasteiger charge is 2.23. The van der Waals surface area contributed by atoms with Crippen molar-refractivity contribution in [3.05, 3.63) is 36.0 Å². The van der Waals surface area contributed by atoms with E-state index in [1.807, 2.05) is 0 Å². The smallest absolute Gasteiger partial charge is 0.337 e. The van der Waals surface area contributed by atoms with Crippen molar-refractivity contribution in [3.63, 3.8) is 0 Å². The van der Waals surface area contributed by atoms with Gasteiger partial charge in [-0.15, -0.1) is 0 Å². The second kappa shape index (κ2) is 4.85. The number of aromatic carboxylic acids is 1. The Kier molecular flexibility index (Phi) is 3.36. The Hall–Kier alpha value is -2.55. The van der Waals surface area contributed by atoms with Crippen LogP contribution >= 0.6 is 0 Å². The van der Waals surface area contributed by atoms with E-state index < -0.39 is 20.9 Å². The van der Waals surface area contributed by atoms with Crippen LogP contribution in [-0.2, 0) is 17.1 Å². The van der Waals surface area contributed by atoms with E-state index in [1.54, 1.807) is 13.2 Å². The van der Waals surface area contributed by atoms with Gasteiger partial charge in [-0.2, -0.15) is 5.10 Å². The van der Waals surface area contributed by atoms with Crippen LogP contribution in [0.25, 0.3) is 0 Å². The number of aryl methyl sites for hydroxylation is 1. The lowest BCUT2D eigenvalue weighted by molar-refractivity contribution is 0.0692. The largest absolute Gasteiger partial charge is 0.478 e. The molecule has 0 aliphatic carbocycles. The van der Waals surface area contributed by atoms with Gasteiger partial charge >= 0.3 is 5.97 Å². The molecule has 1 aromatic carbocycles. The molecule has 0 unspecified atom stereocenters. The molecule has 0 aliphatic rings. The summed E-state index contributed by atoms with van der Waals surface area (Å²) in [5.41, 5.74) is 5.31. The molecule has 0 radical (unpaired) electrons. The van der Waals surface area contributed by atoms with Crippen LogP contribution in [0.5, 0.6) is 0 Å². The van der Waals surface area contributed by atoms with Gasteiger partial charge in [-0.1, -0.05) is 0 Å². The summed E-state index contributed by atoms with van der Waals surface area (Å²) in [6.07, 6.45) is 1.55. The van der Waals surface area contributed by atoms with E-state index in [0.29, 0.717) is 0 Å². The third kappa shape index (κ3) is 2.72. The van der Waals surface area contributed by atoms with Crippen molar-refractivity contribution in [2.45, 2.75) is 4.90 Å². The van der Waals surface area contributed by atoms with Crippen molar-refractivity contribution in [2.24, 2.45) is 7.05 Å². The van der Waals surface area contributed by atoms with Crippen molar-refractivity contribution in [3.8, 4) is 0 Å². The Morgan fingerprint density at radius 3 is 2.65 bits per heavy atom. The molecule has 0 atom stereocenters. The maximum atomic E-state index is 12.2. The number of nitrogen functional groups attached to an aromatic ring is 1. The minimum Gasteiger partial charge on any atom is -0.478 e. The summed E-state index contributed by atoms with van der Waals surface area (Å²) in [5, 5.41) is 12.9. The predicted octanol–water partition coefficient (Wildman–Crippen LogP) is 0.501. The predicted molar refractivity (Wildman–Crippen MR) is 71.8 cm³/mol. The van der Waals surface area contributed by atoms with Crippen molar-refractivity contribution in [1.29, 1.82) is 0 Å². The first-order valence-electron chi connectivity index (χ1n) is 5.45. The maximum Gasteiger partial charge on any atom is 0.337 e. The minimum atomic E-state index is -4.08. The molecule has 1 aromatic heterocycles. The zero-order valence-corrected chi connectivity index (χ0v) is 11.3. The summed E-state index contributed by atoms with van der Waals surface area (Å²) in [6.45, 7) is 0. The van der Waals surface area contributed by atoms with Crippen molar-refractivity contribution >= 4 is 27.5 Å². The van der Waals surface area contributed by atoms with E-state index in [1.165, 1.54) is 16.8 Å². The number of aromatic nitrogens is 2. The summed E-state index contributed by atoms with van der Waals surface area (Å²) >= 11 is 0. The third-order valence-electron chi connectivity index (χ3n) is 2.48. The van der Waals surface area contributed by atoms with Crippen LogP contribution in [0, 0.1) is 0 Å². The SMILES string of the molecule is Cn1ccc(NS(=O)(=O)c2cc(N)ccc2C(=O)O)n1.